The molecule has 2 aromatic carbocycles. The van der Waals surface area contributed by atoms with Gasteiger partial charge in [-0.2, -0.15) is 0 Å². The quantitative estimate of drug-likeness (QED) is 0.488. The van der Waals surface area contributed by atoms with Crippen LogP contribution in [-0.4, -0.2) is 55.8 Å². The molecule has 180 valence electrons. The maximum atomic E-state index is 13.4. The third kappa shape index (κ3) is 6.58. The highest BCUT2D eigenvalue weighted by Crippen LogP contribution is 2.34. The van der Waals surface area contributed by atoms with Crippen LogP contribution < -0.4 is 10.1 Å². The number of nitrogens with one attached hydrogen (secondary N) is 1. The summed E-state index contributed by atoms with van der Waals surface area (Å²) in [7, 11) is 1.69. The molecule has 1 aliphatic heterocycles. The van der Waals surface area contributed by atoms with Gasteiger partial charge in [0.2, 0.25) is 0 Å². The molecular formula is C28H40N2O3. The van der Waals surface area contributed by atoms with E-state index < -0.39 is 5.60 Å². The summed E-state index contributed by atoms with van der Waals surface area (Å²) in [6.45, 7) is 10.3. The zero-order valence-electron chi connectivity index (χ0n) is 20.7. The van der Waals surface area contributed by atoms with Crippen LogP contribution in [0.5, 0.6) is 5.75 Å². The van der Waals surface area contributed by atoms with E-state index in [1.165, 1.54) is 0 Å². The fraction of sp³-hybridized carbons (Fsp3) is 0.536. The van der Waals surface area contributed by atoms with Crippen molar-refractivity contribution < 1.29 is 14.3 Å². The molecule has 0 saturated carbocycles. The Bertz CT molecular complexity index is 888. The number of carbonyl (C=O) groups excluding carboxylic acids is 1. The third-order valence-corrected chi connectivity index (χ3v) is 6.74. The van der Waals surface area contributed by atoms with E-state index in [1.807, 2.05) is 24.3 Å². The van der Waals surface area contributed by atoms with Gasteiger partial charge in [-0.25, -0.2) is 0 Å². The molecule has 5 heteroatoms. The van der Waals surface area contributed by atoms with Crippen molar-refractivity contribution in [3.8, 4) is 16.9 Å². The lowest BCUT2D eigenvalue weighted by Crippen LogP contribution is -2.50. The van der Waals surface area contributed by atoms with E-state index in [-0.39, 0.29) is 11.9 Å². The Morgan fingerprint density at radius 2 is 1.97 bits per heavy atom. The first kappa shape index (κ1) is 25.3. The SMILES string of the molecule is CCN(CC)CCCC(C)NC(=O)C1(Cc2cccc(-c3ccccc3OC)c2)CCCO1. The molecule has 1 saturated heterocycles. The van der Waals surface area contributed by atoms with Gasteiger partial charge >= 0.3 is 0 Å². The van der Waals surface area contributed by atoms with Gasteiger partial charge < -0.3 is 19.7 Å². The summed E-state index contributed by atoms with van der Waals surface area (Å²) in [5, 5.41) is 3.25. The van der Waals surface area contributed by atoms with Crippen LogP contribution in [0.2, 0.25) is 0 Å². The maximum Gasteiger partial charge on any atom is 0.252 e. The number of hydrogen-bond donors (Lipinski definition) is 1. The Hall–Kier alpha value is -2.37. The van der Waals surface area contributed by atoms with Crippen molar-refractivity contribution in [1.29, 1.82) is 0 Å². The van der Waals surface area contributed by atoms with E-state index in [1.54, 1.807) is 7.11 Å². The molecule has 2 atom stereocenters. The second-order valence-electron chi connectivity index (χ2n) is 9.07. The molecule has 0 aliphatic carbocycles. The lowest BCUT2D eigenvalue weighted by molar-refractivity contribution is -0.142. The van der Waals surface area contributed by atoms with E-state index in [9.17, 15) is 4.79 Å². The second kappa shape index (κ2) is 12.2. The average molecular weight is 453 g/mol. The van der Waals surface area contributed by atoms with Crippen molar-refractivity contribution in [3.63, 3.8) is 0 Å². The Morgan fingerprint density at radius 1 is 1.18 bits per heavy atom. The zero-order valence-corrected chi connectivity index (χ0v) is 20.7. The van der Waals surface area contributed by atoms with Crippen LogP contribution >= 0.6 is 0 Å². The fourth-order valence-electron chi connectivity index (χ4n) is 4.75. The zero-order chi connectivity index (χ0) is 23.7. The first-order valence-electron chi connectivity index (χ1n) is 12.4. The van der Waals surface area contributed by atoms with Crippen LogP contribution in [0.15, 0.2) is 48.5 Å². The van der Waals surface area contributed by atoms with Crippen molar-refractivity contribution in [1.82, 2.24) is 10.2 Å². The molecule has 1 aliphatic rings. The van der Waals surface area contributed by atoms with Gasteiger partial charge in [-0.05, 0) is 69.4 Å². The number of amides is 1. The highest BCUT2D eigenvalue weighted by Gasteiger charge is 2.43. The molecule has 2 unspecified atom stereocenters. The Morgan fingerprint density at radius 3 is 2.67 bits per heavy atom. The van der Waals surface area contributed by atoms with E-state index in [2.05, 4.69) is 55.3 Å². The van der Waals surface area contributed by atoms with Crippen LogP contribution in [0, 0.1) is 0 Å². The van der Waals surface area contributed by atoms with Crippen LogP contribution in [0.1, 0.15) is 52.0 Å². The van der Waals surface area contributed by atoms with Gasteiger partial charge in [0.1, 0.15) is 5.75 Å². The largest absolute Gasteiger partial charge is 0.496 e. The molecule has 2 aromatic rings. The molecule has 0 bridgehead atoms. The summed E-state index contributed by atoms with van der Waals surface area (Å²) in [5.74, 6) is 0.871. The van der Waals surface area contributed by atoms with Crippen molar-refractivity contribution in [3.05, 3.63) is 54.1 Å². The molecule has 0 aromatic heterocycles. The van der Waals surface area contributed by atoms with Crippen LogP contribution in [0.25, 0.3) is 11.1 Å². The van der Waals surface area contributed by atoms with Crippen LogP contribution in [0.4, 0.5) is 0 Å². The third-order valence-electron chi connectivity index (χ3n) is 6.74. The second-order valence-corrected chi connectivity index (χ2v) is 9.07. The summed E-state index contributed by atoms with van der Waals surface area (Å²) in [4.78, 5) is 15.8. The smallest absolute Gasteiger partial charge is 0.252 e. The molecular weight excluding hydrogens is 412 g/mol. The highest BCUT2D eigenvalue weighted by atomic mass is 16.5. The topological polar surface area (TPSA) is 50.8 Å². The molecule has 0 spiro atoms. The Kier molecular flexibility index (Phi) is 9.33. The minimum Gasteiger partial charge on any atom is -0.496 e. The molecule has 1 amide bonds. The number of benzene rings is 2. The monoisotopic (exact) mass is 452 g/mol. The fourth-order valence-corrected chi connectivity index (χ4v) is 4.75. The van der Waals surface area contributed by atoms with Gasteiger partial charge in [-0.1, -0.05) is 56.3 Å². The van der Waals surface area contributed by atoms with Gasteiger partial charge in [-0.15, -0.1) is 0 Å². The predicted molar refractivity (Wildman–Crippen MR) is 135 cm³/mol. The highest BCUT2D eigenvalue weighted by molar-refractivity contribution is 5.86. The molecule has 5 nitrogen and oxygen atoms in total. The lowest BCUT2D eigenvalue weighted by atomic mass is 9.89. The summed E-state index contributed by atoms with van der Waals surface area (Å²) in [6.07, 6.45) is 4.30. The normalized spacial score (nSPS) is 18.9. The molecule has 3 rings (SSSR count). The van der Waals surface area contributed by atoms with Crippen molar-refractivity contribution >= 4 is 5.91 Å². The van der Waals surface area contributed by atoms with Gasteiger partial charge in [0.05, 0.1) is 7.11 Å². The molecule has 33 heavy (non-hydrogen) atoms. The summed E-state index contributed by atoms with van der Waals surface area (Å²) in [5.41, 5.74) is 2.45. The minimum atomic E-state index is -0.785. The number of nitrogens with zero attached hydrogens (tertiary/aromatic N) is 1. The van der Waals surface area contributed by atoms with Crippen LogP contribution in [-0.2, 0) is 16.0 Å². The van der Waals surface area contributed by atoms with E-state index in [0.29, 0.717) is 13.0 Å². The van der Waals surface area contributed by atoms with Crippen LogP contribution in [0.3, 0.4) is 0 Å². The summed E-state index contributed by atoms with van der Waals surface area (Å²) in [6, 6.07) is 16.5. The predicted octanol–water partition coefficient (Wildman–Crippen LogP) is 5.08. The van der Waals surface area contributed by atoms with Gasteiger partial charge in [0, 0.05) is 24.6 Å². The summed E-state index contributed by atoms with van der Waals surface area (Å²) < 4.78 is 11.7. The van der Waals surface area contributed by atoms with Gasteiger partial charge in [0.25, 0.3) is 5.91 Å². The number of ether oxygens (including phenoxy) is 2. The Labute approximate surface area is 199 Å². The minimum absolute atomic E-state index is 0.0260. The number of hydrogen-bond acceptors (Lipinski definition) is 4. The number of para-hydroxylation sites is 1. The first-order chi connectivity index (χ1) is 16.0. The summed E-state index contributed by atoms with van der Waals surface area (Å²) >= 11 is 0. The molecule has 0 radical (unpaired) electrons. The average Bonchev–Trinajstić information content (AvgIpc) is 3.31. The number of rotatable bonds is 12. The standard InChI is InChI=1S/C28H40N2O3/c1-5-30(6-2)18-10-12-22(3)29-27(31)28(17-11-19-33-28)21-23-13-9-14-24(20-23)25-15-7-8-16-26(25)32-4/h7-9,13-16,20,22H,5-6,10-12,17-19,21H2,1-4H3,(H,29,31). The van der Waals surface area contributed by atoms with E-state index in [0.717, 1.165) is 67.8 Å². The molecule has 1 N–H and O–H groups in total. The van der Waals surface area contributed by atoms with Gasteiger partial charge in [-0.3, -0.25) is 4.79 Å². The molecule has 1 heterocycles. The van der Waals surface area contributed by atoms with Crippen molar-refractivity contribution in [2.24, 2.45) is 0 Å². The van der Waals surface area contributed by atoms with Crippen molar-refractivity contribution in [2.45, 2.75) is 64.5 Å². The molecule has 1 fully saturated rings. The number of carbonyl (C=O) groups is 1. The first-order valence-corrected chi connectivity index (χ1v) is 12.4. The maximum absolute atomic E-state index is 13.4. The van der Waals surface area contributed by atoms with E-state index >= 15 is 0 Å². The lowest BCUT2D eigenvalue weighted by Gasteiger charge is -2.29. The van der Waals surface area contributed by atoms with E-state index in [4.69, 9.17) is 9.47 Å². The van der Waals surface area contributed by atoms with Gasteiger partial charge in [0.15, 0.2) is 5.60 Å². The Balaban J connectivity index is 1.68. The number of methoxy groups -OCH3 is 1. The van der Waals surface area contributed by atoms with Crippen molar-refractivity contribution in [2.75, 3.05) is 33.4 Å².